The number of rotatable bonds is 5. The van der Waals surface area contributed by atoms with Crippen molar-refractivity contribution in [3.8, 4) is 0 Å². The molecule has 8 nitrogen and oxygen atoms in total. The Kier molecular flexibility index (Phi) is 6.69. The lowest BCUT2D eigenvalue weighted by molar-refractivity contribution is -0.384. The standard InChI is InChI=1S/C26H31N5O3/c32-26(21-12-14-22(15-13-21)31(33)34)30-23(20-10-4-1-5-11-20)27-24(28-16-6-2-7-17-28)25(30)29-18-8-3-9-19-29/h1,4-5,10-15,24-25H,2-3,6-9,16-19H2/t24-,25+/m0/s1. The van der Waals surface area contributed by atoms with Crippen molar-refractivity contribution in [2.75, 3.05) is 26.2 Å². The minimum absolute atomic E-state index is 0.0197. The summed E-state index contributed by atoms with van der Waals surface area (Å²) < 4.78 is 0. The topological polar surface area (TPSA) is 82.3 Å². The molecule has 1 amide bonds. The van der Waals surface area contributed by atoms with E-state index < -0.39 is 4.92 Å². The average molecular weight is 462 g/mol. The lowest BCUT2D eigenvalue weighted by Gasteiger charge is -2.43. The van der Waals surface area contributed by atoms with E-state index in [1.54, 1.807) is 12.1 Å². The first-order valence-electron chi connectivity index (χ1n) is 12.3. The molecule has 0 saturated carbocycles. The largest absolute Gasteiger partial charge is 0.280 e. The van der Waals surface area contributed by atoms with Gasteiger partial charge in [0.2, 0.25) is 0 Å². The minimum Gasteiger partial charge on any atom is -0.280 e. The average Bonchev–Trinajstić information content (AvgIpc) is 3.30. The van der Waals surface area contributed by atoms with Crippen LogP contribution in [0.5, 0.6) is 0 Å². The number of likely N-dealkylation sites (tertiary alicyclic amines) is 2. The molecule has 0 unspecified atom stereocenters. The predicted molar refractivity (Wildman–Crippen MR) is 131 cm³/mol. The Morgan fingerprint density at radius 2 is 1.41 bits per heavy atom. The maximum absolute atomic E-state index is 14.0. The number of amidine groups is 1. The van der Waals surface area contributed by atoms with Crippen molar-refractivity contribution in [2.24, 2.45) is 4.99 Å². The van der Waals surface area contributed by atoms with Crippen molar-refractivity contribution in [3.63, 3.8) is 0 Å². The maximum atomic E-state index is 14.0. The number of benzene rings is 2. The number of carbonyl (C=O) groups is 1. The number of amides is 1. The van der Waals surface area contributed by atoms with Crippen LogP contribution < -0.4 is 0 Å². The van der Waals surface area contributed by atoms with Gasteiger partial charge in [-0.25, -0.2) is 4.99 Å². The van der Waals surface area contributed by atoms with Gasteiger partial charge in [-0.2, -0.15) is 0 Å². The van der Waals surface area contributed by atoms with Crippen LogP contribution in [0, 0.1) is 10.1 Å². The zero-order valence-electron chi connectivity index (χ0n) is 19.4. The molecule has 2 saturated heterocycles. The van der Waals surface area contributed by atoms with Gasteiger partial charge in [0, 0.05) is 49.4 Å². The van der Waals surface area contributed by atoms with Gasteiger partial charge >= 0.3 is 0 Å². The minimum atomic E-state index is -0.441. The van der Waals surface area contributed by atoms with Crippen molar-refractivity contribution in [1.29, 1.82) is 0 Å². The first kappa shape index (κ1) is 22.7. The quantitative estimate of drug-likeness (QED) is 0.494. The summed E-state index contributed by atoms with van der Waals surface area (Å²) >= 11 is 0. The second kappa shape index (κ2) is 10.0. The van der Waals surface area contributed by atoms with Crippen LogP contribution in [0.15, 0.2) is 59.6 Å². The molecular formula is C26H31N5O3. The molecular weight excluding hydrogens is 430 g/mol. The highest BCUT2D eigenvalue weighted by Gasteiger charge is 2.46. The molecule has 34 heavy (non-hydrogen) atoms. The molecule has 3 aliphatic heterocycles. The van der Waals surface area contributed by atoms with E-state index in [-0.39, 0.29) is 23.9 Å². The van der Waals surface area contributed by atoms with Crippen LogP contribution in [0.25, 0.3) is 0 Å². The molecule has 0 aliphatic carbocycles. The van der Waals surface area contributed by atoms with E-state index in [1.807, 2.05) is 35.2 Å². The summed E-state index contributed by atoms with van der Waals surface area (Å²) in [4.78, 5) is 36.6. The highest BCUT2D eigenvalue weighted by molar-refractivity contribution is 6.14. The first-order valence-corrected chi connectivity index (χ1v) is 12.3. The van der Waals surface area contributed by atoms with Crippen LogP contribution in [-0.4, -0.2) is 69.9 Å². The van der Waals surface area contributed by atoms with Gasteiger partial charge in [0.1, 0.15) is 18.2 Å². The molecule has 2 fully saturated rings. The highest BCUT2D eigenvalue weighted by Crippen LogP contribution is 2.32. The third kappa shape index (κ3) is 4.48. The summed E-state index contributed by atoms with van der Waals surface area (Å²) in [5.41, 5.74) is 1.34. The van der Waals surface area contributed by atoms with Crippen molar-refractivity contribution >= 4 is 17.4 Å². The maximum Gasteiger partial charge on any atom is 0.269 e. The number of nitro groups is 1. The van der Waals surface area contributed by atoms with Crippen molar-refractivity contribution in [1.82, 2.24) is 14.7 Å². The zero-order valence-corrected chi connectivity index (χ0v) is 19.4. The van der Waals surface area contributed by atoms with Gasteiger partial charge < -0.3 is 0 Å². The molecule has 3 heterocycles. The lowest BCUT2D eigenvalue weighted by atomic mass is 10.1. The van der Waals surface area contributed by atoms with Crippen molar-refractivity contribution in [3.05, 3.63) is 75.8 Å². The molecule has 0 spiro atoms. The SMILES string of the molecule is O=C(c1ccc([N+](=O)[O-])cc1)N1C(c2ccccc2)=N[C@@H](N2CCCCC2)[C@@H]1N1CCCCC1. The summed E-state index contributed by atoms with van der Waals surface area (Å²) in [6.45, 7) is 3.85. The van der Waals surface area contributed by atoms with Crippen LogP contribution in [-0.2, 0) is 0 Å². The van der Waals surface area contributed by atoms with Crippen LogP contribution in [0.3, 0.4) is 0 Å². The van der Waals surface area contributed by atoms with Crippen molar-refractivity contribution in [2.45, 2.75) is 50.9 Å². The fourth-order valence-corrected chi connectivity index (χ4v) is 5.38. The van der Waals surface area contributed by atoms with Gasteiger partial charge in [-0.1, -0.05) is 43.2 Å². The van der Waals surface area contributed by atoms with E-state index in [1.165, 1.54) is 25.0 Å². The Morgan fingerprint density at radius 1 is 0.824 bits per heavy atom. The van der Waals surface area contributed by atoms with E-state index in [9.17, 15) is 14.9 Å². The van der Waals surface area contributed by atoms with Crippen LogP contribution in [0.4, 0.5) is 5.69 Å². The Bertz CT molecular complexity index is 1040. The molecule has 0 aromatic heterocycles. The van der Waals surface area contributed by atoms with Gasteiger partial charge in [0.05, 0.1) is 4.92 Å². The second-order valence-electron chi connectivity index (χ2n) is 9.32. The molecule has 2 aromatic rings. The third-order valence-electron chi connectivity index (χ3n) is 7.12. The number of piperidine rings is 2. The molecule has 8 heteroatoms. The summed E-state index contributed by atoms with van der Waals surface area (Å²) in [5.74, 6) is 0.530. The molecule has 178 valence electrons. The van der Waals surface area contributed by atoms with Gasteiger partial charge in [0.25, 0.3) is 11.6 Å². The third-order valence-corrected chi connectivity index (χ3v) is 7.12. The normalized spacial score (nSPS) is 24.1. The van der Waals surface area contributed by atoms with E-state index in [2.05, 4.69) is 9.80 Å². The molecule has 0 N–H and O–H groups in total. The number of non-ortho nitro benzene ring substituents is 1. The first-order chi connectivity index (χ1) is 16.6. The lowest BCUT2D eigenvalue weighted by Crippen LogP contribution is -2.59. The summed E-state index contributed by atoms with van der Waals surface area (Å²) in [6.07, 6.45) is 6.67. The number of nitro benzene ring substituents is 1. The van der Waals surface area contributed by atoms with E-state index in [0.29, 0.717) is 11.4 Å². The van der Waals surface area contributed by atoms with Gasteiger partial charge in [-0.05, 0) is 37.8 Å². The van der Waals surface area contributed by atoms with Crippen LogP contribution >= 0.6 is 0 Å². The van der Waals surface area contributed by atoms with Gasteiger partial charge in [0.15, 0.2) is 0 Å². The monoisotopic (exact) mass is 461 g/mol. The Hall–Kier alpha value is -3.10. The van der Waals surface area contributed by atoms with Gasteiger partial charge in [-0.3, -0.25) is 29.6 Å². The zero-order chi connectivity index (χ0) is 23.5. The molecule has 2 atom stereocenters. The van der Waals surface area contributed by atoms with Crippen LogP contribution in [0.2, 0.25) is 0 Å². The number of nitrogens with zero attached hydrogens (tertiary/aromatic N) is 5. The molecule has 2 aromatic carbocycles. The molecule has 0 bridgehead atoms. The fourth-order valence-electron chi connectivity index (χ4n) is 5.38. The summed E-state index contributed by atoms with van der Waals surface area (Å²) in [5, 5.41) is 11.1. The smallest absolute Gasteiger partial charge is 0.269 e. The number of hydrogen-bond donors (Lipinski definition) is 0. The molecule has 3 aliphatic rings. The van der Waals surface area contributed by atoms with Crippen LogP contribution in [0.1, 0.15) is 54.4 Å². The van der Waals surface area contributed by atoms with E-state index in [4.69, 9.17) is 4.99 Å². The van der Waals surface area contributed by atoms with E-state index >= 15 is 0 Å². The predicted octanol–water partition coefficient (Wildman–Crippen LogP) is 4.12. The summed E-state index contributed by atoms with van der Waals surface area (Å²) in [6, 6.07) is 15.8. The van der Waals surface area contributed by atoms with Gasteiger partial charge in [-0.15, -0.1) is 0 Å². The number of hydrogen-bond acceptors (Lipinski definition) is 6. The second-order valence-corrected chi connectivity index (χ2v) is 9.32. The number of aliphatic imine (C=N–C) groups is 1. The fraction of sp³-hybridized carbons (Fsp3) is 0.462. The molecule has 0 radical (unpaired) electrons. The van der Waals surface area contributed by atoms with Crippen molar-refractivity contribution < 1.29 is 9.72 Å². The Labute approximate surface area is 200 Å². The van der Waals surface area contributed by atoms with E-state index in [0.717, 1.165) is 57.4 Å². The Balaban J connectivity index is 1.57. The Morgan fingerprint density at radius 3 is 2.00 bits per heavy atom. The summed E-state index contributed by atoms with van der Waals surface area (Å²) in [7, 11) is 0. The number of carbonyl (C=O) groups excluding carboxylic acids is 1. The highest BCUT2D eigenvalue weighted by atomic mass is 16.6. The molecule has 5 rings (SSSR count).